The maximum absolute atomic E-state index is 10.8. The molecule has 2 nitrogen and oxygen atoms in total. The van der Waals surface area contributed by atoms with E-state index >= 15 is 0 Å². The summed E-state index contributed by atoms with van der Waals surface area (Å²) in [4.78, 5) is 0. The van der Waals surface area contributed by atoms with Gasteiger partial charge in [-0.2, -0.15) is 0 Å². The van der Waals surface area contributed by atoms with Gasteiger partial charge in [0, 0.05) is 27.5 Å². The van der Waals surface area contributed by atoms with Crippen LogP contribution in [-0.4, -0.2) is 0 Å². The average Bonchev–Trinajstić information content (AvgIpc) is 1.47. The third-order valence-corrected chi connectivity index (χ3v) is 11.3. The van der Waals surface area contributed by atoms with E-state index in [0.717, 1.165) is 0 Å². The topological polar surface area (TPSA) is 26.3 Å². The van der Waals surface area contributed by atoms with E-state index in [1.807, 2.05) is 0 Å². The van der Waals surface area contributed by atoms with Crippen LogP contribution in [0.1, 0.15) is 95.6 Å². The third-order valence-electron chi connectivity index (χ3n) is 11.3. The highest BCUT2D eigenvalue weighted by Crippen LogP contribution is 2.63. The molecule has 0 aliphatic heterocycles. The van der Waals surface area contributed by atoms with Gasteiger partial charge in [0.15, 0.2) is 0 Å². The van der Waals surface area contributed by atoms with Gasteiger partial charge in [-0.1, -0.05) is 187 Å². The van der Waals surface area contributed by atoms with Crippen LogP contribution in [0.2, 0.25) is 0 Å². The maximum atomic E-state index is 10.8. The Labute approximate surface area is 422 Å². The molecule has 0 radical (unpaired) electrons. The van der Waals surface area contributed by atoms with E-state index < -0.39 is 362 Å². The predicted octanol–water partition coefficient (Wildman–Crippen LogP) is 16.3. The second-order valence-electron chi connectivity index (χ2n) is 14.6. The minimum absolute atomic E-state index is 0.496. The van der Waals surface area contributed by atoms with Crippen molar-refractivity contribution < 1.29 is 59.6 Å². The summed E-state index contributed by atoms with van der Waals surface area (Å²) in [7, 11) is 0. The first-order valence-electron chi connectivity index (χ1n) is 37.7. The smallest absolute Gasteiger partial charge is 0.135 e. The van der Waals surface area contributed by atoms with Gasteiger partial charge in [0.25, 0.3) is 0 Å². The highest BCUT2D eigenvalue weighted by atomic mass is 16.3. The molecule has 2 heteroatoms. The van der Waals surface area contributed by atoms with Gasteiger partial charge >= 0.3 is 0 Å². The van der Waals surface area contributed by atoms with Crippen molar-refractivity contribution in [2.45, 2.75) is 11.3 Å². The molecule has 2 aromatic heterocycles. The number of fused-ring (bicyclic) bond motifs is 16. The highest BCUT2D eigenvalue weighted by molar-refractivity contribution is 6.07. The molecular weight excluding hydrogens is 777 g/mol. The van der Waals surface area contributed by atoms with E-state index in [1.54, 1.807) is 0 Å². The molecule has 2 heterocycles. The predicted molar refractivity (Wildman–Crippen MR) is 262 cm³/mol. The maximum Gasteiger partial charge on any atom is 0.135 e. The average molecular weight is 852 g/mol. The van der Waals surface area contributed by atoms with Crippen molar-refractivity contribution in [3.63, 3.8) is 0 Å². The summed E-state index contributed by atoms with van der Waals surface area (Å²) in [6, 6.07) is -39.0. The van der Waals surface area contributed by atoms with Gasteiger partial charge in [-0.25, -0.2) is 0 Å². The van der Waals surface area contributed by atoms with Crippen LogP contribution in [0.25, 0.3) is 88.4 Å². The lowest BCUT2D eigenvalue weighted by Gasteiger charge is -2.31. The molecule has 2 aliphatic rings. The van der Waals surface area contributed by atoms with E-state index in [-0.39, 0.29) is 0 Å². The molecule has 298 valence electrons. The Morgan fingerprint density at radius 1 is 0.297 bits per heavy atom. The van der Waals surface area contributed by atoms with Gasteiger partial charge in [-0.15, -0.1) is 0 Å². The van der Waals surface area contributed by atoms with Crippen molar-refractivity contribution in [3.05, 3.63) is 263 Å². The molecule has 2 aliphatic carbocycles. The Kier molecular flexibility index (Phi) is 3.13. The zero-order valence-electron chi connectivity index (χ0n) is 68.9. The van der Waals surface area contributed by atoms with Gasteiger partial charge in [-0.05, 0) is 120 Å². The first-order chi connectivity index (χ1) is 47.1. The normalized spacial score (nSPS) is 21.4. The number of para-hydroxylation sites is 2. The molecule has 1 spiro atoms. The van der Waals surface area contributed by atoms with Crippen molar-refractivity contribution in [2.75, 3.05) is 0 Å². The molecule has 10 aromatic carbocycles. The van der Waals surface area contributed by atoms with Crippen molar-refractivity contribution >= 4 is 43.9 Å². The summed E-state index contributed by atoms with van der Waals surface area (Å²) in [5.74, 6) is -2.78. The van der Waals surface area contributed by atoms with E-state index in [4.69, 9.17) is 30.8 Å². The number of hydrogen-bond donors (Lipinski definition) is 0. The number of benzene rings is 10. The van der Waals surface area contributed by atoms with Crippen molar-refractivity contribution in [2.24, 2.45) is 0 Å². The molecule has 0 saturated carbocycles. The summed E-state index contributed by atoms with van der Waals surface area (Å²) in [5, 5.41) is -2.10. The van der Waals surface area contributed by atoms with Gasteiger partial charge < -0.3 is 8.83 Å². The SMILES string of the molecule is [2H]c1c([2H])c([2H])c2c(c1[2H])-c1c([2H])c([2H])c([2H])c([2H])c1C21c2c([2H])c([2H])c([2H])c([2H])c2-c2c([2H])c([2H])c(C(c3c([2H])c([2H])c(-c4c([2H])c([2H])c5oc6c([2H])c([2H])c([2H])c([2H])c6c5c4[2H])c([2H])c3[2H])c3c([2H])c([2H])c(-c4c([2H])c([2H])c5oc6c([2H])c([2H])c([2H])c([2H])c6c5c4[2H])c([2H])c3[2H])c([2H])c21. The number of rotatable bonds is 5. The van der Waals surface area contributed by atoms with Gasteiger partial charge in [0.1, 0.15) is 22.3 Å². The first-order valence-corrected chi connectivity index (χ1v) is 19.2. The minimum atomic E-state index is -3.08. The second kappa shape index (κ2) is 13.4. The fourth-order valence-electron chi connectivity index (χ4n) is 8.60. The van der Waals surface area contributed by atoms with E-state index in [0.29, 0.717) is 0 Å². The quantitative estimate of drug-likeness (QED) is 0.161. The molecule has 64 heavy (non-hydrogen) atoms. The van der Waals surface area contributed by atoms with Crippen LogP contribution in [0, 0.1) is 0 Å². The van der Waals surface area contributed by atoms with Crippen LogP contribution in [0.15, 0.2) is 232 Å². The summed E-state index contributed by atoms with van der Waals surface area (Å²) in [6.45, 7) is 0. The zero-order chi connectivity index (χ0) is 74.1. The lowest BCUT2D eigenvalue weighted by molar-refractivity contribution is 0.668. The minimum Gasteiger partial charge on any atom is -0.456 e. The molecule has 0 N–H and O–H groups in total. The Morgan fingerprint density at radius 2 is 0.672 bits per heavy atom. The fourth-order valence-corrected chi connectivity index (χ4v) is 8.60. The summed E-state index contributed by atoms with van der Waals surface area (Å²) < 4.78 is 358. The summed E-state index contributed by atoms with van der Waals surface area (Å²) in [5.41, 5.74) is -19.0. The lowest BCUT2D eigenvalue weighted by Crippen LogP contribution is -2.26. The van der Waals surface area contributed by atoms with E-state index in [1.165, 1.54) is 0 Å². The monoisotopic (exact) mass is 852 g/mol. The van der Waals surface area contributed by atoms with Gasteiger partial charge in [-0.3, -0.25) is 0 Å². The van der Waals surface area contributed by atoms with Crippen molar-refractivity contribution in [3.8, 4) is 44.5 Å². The van der Waals surface area contributed by atoms with E-state index in [9.17, 15) is 28.8 Å². The van der Waals surface area contributed by atoms with Crippen molar-refractivity contribution in [1.29, 1.82) is 0 Å². The van der Waals surface area contributed by atoms with Gasteiger partial charge in [0.2, 0.25) is 0 Å². The number of furan rings is 2. The molecule has 14 rings (SSSR count). The molecular formula is C62H38O2. The molecule has 0 saturated heterocycles. The number of hydrogen-bond acceptors (Lipinski definition) is 2. The Hall–Kier alpha value is -8.20. The Balaban J connectivity index is 1.17. The summed E-state index contributed by atoms with van der Waals surface area (Å²) in [6.07, 6.45) is 0. The molecule has 0 atom stereocenters. The van der Waals surface area contributed by atoms with Crippen LogP contribution in [-0.2, 0) is 5.41 Å². The van der Waals surface area contributed by atoms with Crippen LogP contribution in [0.4, 0.5) is 0 Å². The molecule has 0 unspecified atom stereocenters. The Bertz CT molecular complexity index is 5680. The first kappa shape index (κ1) is 15.0. The lowest BCUT2D eigenvalue weighted by atomic mass is 9.70. The van der Waals surface area contributed by atoms with E-state index in [2.05, 4.69) is 0 Å². The molecule has 0 amide bonds. The molecule has 0 fully saturated rings. The highest BCUT2D eigenvalue weighted by Gasteiger charge is 2.51. The third kappa shape index (κ3) is 4.97. The molecule has 12 aromatic rings. The largest absolute Gasteiger partial charge is 0.456 e. The molecule has 0 bridgehead atoms. The van der Waals surface area contributed by atoms with Crippen LogP contribution in [0.5, 0.6) is 0 Å². The van der Waals surface area contributed by atoms with Gasteiger partial charge in [0.05, 0.1) is 56.1 Å². The van der Waals surface area contributed by atoms with Crippen LogP contribution < -0.4 is 0 Å². The zero-order valence-corrected chi connectivity index (χ0v) is 31.9. The summed E-state index contributed by atoms with van der Waals surface area (Å²) >= 11 is 0. The van der Waals surface area contributed by atoms with Crippen LogP contribution >= 0.6 is 0 Å². The fraction of sp³-hybridized carbons (Fsp3) is 0.0323. The van der Waals surface area contributed by atoms with Crippen molar-refractivity contribution in [1.82, 2.24) is 0 Å². The Morgan fingerprint density at radius 3 is 1.16 bits per heavy atom. The second-order valence-corrected chi connectivity index (χ2v) is 14.6. The standard InChI is InChI=1S/C62H38O2/c1-6-16-53-45(11-1)46-12-2-7-17-54(46)62(53)55-18-8-3-13-47(55)48-32-29-44(37-56(48)62)61(40-25-21-38(22-26-40)42-30-33-59-51(35-42)49-14-4-9-19-57(49)63-59)41-27-23-39(24-28-41)43-31-34-60-52(36-43)50-15-5-10-20-58(50)64-60/h1-37,61H/i1D,2D,3D,4D,5D,6D,7D,8D,9D,10D,11D,12D,13D,14D,15D,16D,17D,18D,19D,20D,21D,22D,23D,24D,25D,26D,27D,28D,29D,30D,31D,32D,33D,34D,35D,36D,37D. The van der Waals surface area contributed by atoms with Crippen LogP contribution in [0.3, 0.4) is 0 Å².